The molecular formula is C16H24BrClN2O. The van der Waals surface area contributed by atoms with Crippen LogP contribution in [-0.4, -0.2) is 42.8 Å². The first-order valence-electron chi connectivity index (χ1n) is 7.54. The zero-order valence-electron chi connectivity index (χ0n) is 12.6. The minimum Gasteiger partial charge on any atom is -0.393 e. The van der Waals surface area contributed by atoms with Gasteiger partial charge in [-0.3, -0.25) is 0 Å². The Balaban J connectivity index is 1.93. The number of rotatable bonds is 5. The molecule has 118 valence electrons. The predicted octanol–water partition coefficient (Wildman–Crippen LogP) is 3.46. The highest BCUT2D eigenvalue weighted by atomic mass is 79.9. The molecule has 1 aliphatic heterocycles. The van der Waals surface area contributed by atoms with Crippen LogP contribution in [0.3, 0.4) is 0 Å². The third-order valence-corrected chi connectivity index (χ3v) is 5.19. The normalized spacial score (nSPS) is 25.0. The maximum atomic E-state index is 9.80. The highest BCUT2D eigenvalue weighted by Gasteiger charge is 2.24. The summed E-state index contributed by atoms with van der Waals surface area (Å²) < 4.78 is 1.00. The quantitative estimate of drug-likeness (QED) is 0.827. The van der Waals surface area contributed by atoms with Crippen molar-refractivity contribution in [1.29, 1.82) is 0 Å². The first-order valence-corrected chi connectivity index (χ1v) is 8.71. The topological polar surface area (TPSA) is 35.5 Å². The molecule has 5 heteroatoms. The van der Waals surface area contributed by atoms with Crippen LogP contribution in [0.2, 0.25) is 5.02 Å². The molecule has 0 spiro atoms. The third kappa shape index (κ3) is 4.67. The highest BCUT2D eigenvalue weighted by Crippen LogP contribution is 2.28. The van der Waals surface area contributed by atoms with Crippen LogP contribution in [0.15, 0.2) is 22.7 Å². The maximum absolute atomic E-state index is 9.80. The molecule has 0 aromatic heterocycles. The van der Waals surface area contributed by atoms with Crippen LogP contribution in [0.5, 0.6) is 0 Å². The number of nitrogens with one attached hydrogen (secondary N) is 1. The molecule has 2 rings (SSSR count). The zero-order valence-corrected chi connectivity index (χ0v) is 15.0. The van der Waals surface area contributed by atoms with E-state index in [9.17, 15) is 5.11 Å². The molecule has 0 bridgehead atoms. The molecule has 0 aliphatic carbocycles. The van der Waals surface area contributed by atoms with Gasteiger partial charge in [-0.15, -0.1) is 0 Å². The van der Waals surface area contributed by atoms with Crippen molar-refractivity contribution in [3.05, 3.63) is 33.3 Å². The van der Waals surface area contributed by atoms with Gasteiger partial charge >= 0.3 is 0 Å². The molecule has 0 radical (unpaired) electrons. The van der Waals surface area contributed by atoms with Crippen LogP contribution >= 0.6 is 27.5 Å². The van der Waals surface area contributed by atoms with Gasteiger partial charge in [0.25, 0.3) is 0 Å². The monoisotopic (exact) mass is 374 g/mol. The number of aliphatic hydroxyl groups is 1. The molecule has 21 heavy (non-hydrogen) atoms. The van der Waals surface area contributed by atoms with E-state index in [1.54, 1.807) is 0 Å². The molecule has 0 saturated carbocycles. The van der Waals surface area contributed by atoms with E-state index in [2.05, 4.69) is 39.1 Å². The van der Waals surface area contributed by atoms with Crippen molar-refractivity contribution in [2.24, 2.45) is 5.92 Å². The minimum atomic E-state index is -0.137. The lowest BCUT2D eigenvalue weighted by Crippen LogP contribution is -2.42. The lowest BCUT2D eigenvalue weighted by atomic mass is 9.96. The van der Waals surface area contributed by atoms with E-state index in [1.807, 2.05) is 19.2 Å². The van der Waals surface area contributed by atoms with Crippen molar-refractivity contribution in [1.82, 2.24) is 10.2 Å². The number of likely N-dealkylation sites (tertiary alicyclic amines) is 1. The van der Waals surface area contributed by atoms with Crippen LogP contribution in [-0.2, 0) is 0 Å². The zero-order chi connectivity index (χ0) is 15.4. The number of benzene rings is 1. The van der Waals surface area contributed by atoms with Crippen LogP contribution in [0.1, 0.15) is 31.4 Å². The second kappa shape index (κ2) is 7.93. The summed E-state index contributed by atoms with van der Waals surface area (Å²) >= 11 is 9.79. The minimum absolute atomic E-state index is 0.137. The van der Waals surface area contributed by atoms with Crippen molar-refractivity contribution >= 4 is 27.5 Å². The summed E-state index contributed by atoms with van der Waals surface area (Å²) in [5, 5.41) is 14.0. The molecule has 1 saturated heterocycles. The molecule has 3 atom stereocenters. The van der Waals surface area contributed by atoms with Crippen LogP contribution in [0.4, 0.5) is 0 Å². The van der Waals surface area contributed by atoms with Crippen LogP contribution in [0, 0.1) is 5.92 Å². The fourth-order valence-electron chi connectivity index (χ4n) is 2.97. The van der Waals surface area contributed by atoms with Crippen molar-refractivity contribution in [3.63, 3.8) is 0 Å². The summed E-state index contributed by atoms with van der Waals surface area (Å²) in [6.07, 6.45) is 1.76. The van der Waals surface area contributed by atoms with E-state index in [0.29, 0.717) is 5.92 Å². The molecule has 2 N–H and O–H groups in total. The Labute approximate surface area is 140 Å². The fraction of sp³-hybridized carbons (Fsp3) is 0.625. The molecule has 3 nitrogen and oxygen atoms in total. The lowest BCUT2D eigenvalue weighted by Gasteiger charge is -2.35. The third-order valence-electron chi connectivity index (χ3n) is 4.36. The Morgan fingerprint density at radius 1 is 1.52 bits per heavy atom. The average molecular weight is 376 g/mol. The maximum Gasteiger partial charge on any atom is 0.0590 e. The Hall–Kier alpha value is -0.130. The number of nitrogens with zero attached hydrogens (tertiary/aromatic N) is 1. The SMILES string of the molecule is CNC(CCN1CCC(O)C(C)C1)c1ccc(Br)cc1Cl. The summed E-state index contributed by atoms with van der Waals surface area (Å²) in [7, 11) is 1.98. The van der Waals surface area contributed by atoms with Gasteiger partial charge in [-0.05, 0) is 50.0 Å². The van der Waals surface area contributed by atoms with Crippen LogP contribution in [0.25, 0.3) is 0 Å². The largest absolute Gasteiger partial charge is 0.393 e. The summed E-state index contributed by atoms with van der Waals surface area (Å²) in [6, 6.07) is 6.31. The molecule has 1 heterocycles. The molecule has 1 fully saturated rings. The van der Waals surface area contributed by atoms with E-state index >= 15 is 0 Å². The van der Waals surface area contributed by atoms with Crippen molar-refractivity contribution in [3.8, 4) is 0 Å². The number of piperidine rings is 1. The van der Waals surface area contributed by atoms with Gasteiger partial charge in [0.2, 0.25) is 0 Å². The van der Waals surface area contributed by atoms with Gasteiger partial charge in [0, 0.05) is 28.6 Å². The first-order chi connectivity index (χ1) is 10.0. The number of hydrogen-bond acceptors (Lipinski definition) is 3. The highest BCUT2D eigenvalue weighted by molar-refractivity contribution is 9.10. The Morgan fingerprint density at radius 3 is 2.90 bits per heavy atom. The van der Waals surface area contributed by atoms with Crippen molar-refractivity contribution in [2.45, 2.75) is 31.9 Å². The van der Waals surface area contributed by atoms with Gasteiger partial charge < -0.3 is 15.3 Å². The van der Waals surface area contributed by atoms with E-state index in [1.165, 1.54) is 0 Å². The second-order valence-electron chi connectivity index (χ2n) is 5.93. The van der Waals surface area contributed by atoms with Gasteiger partial charge in [-0.2, -0.15) is 0 Å². The van der Waals surface area contributed by atoms with Gasteiger partial charge in [-0.1, -0.05) is 40.5 Å². The molecule has 1 aromatic carbocycles. The Kier molecular flexibility index (Phi) is 6.51. The summed E-state index contributed by atoms with van der Waals surface area (Å²) in [4.78, 5) is 2.44. The summed E-state index contributed by atoms with van der Waals surface area (Å²) in [5.41, 5.74) is 1.15. The van der Waals surface area contributed by atoms with Crippen molar-refractivity contribution < 1.29 is 5.11 Å². The molecule has 1 aromatic rings. The van der Waals surface area contributed by atoms with Gasteiger partial charge in [0.1, 0.15) is 0 Å². The molecule has 3 unspecified atom stereocenters. The smallest absolute Gasteiger partial charge is 0.0590 e. The van der Waals surface area contributed by atoms with Crippen molar-refractivity contribution in [2.75, 3.05) is 26.7 Å². The summed E-state index contributed by atoms with van der Waals surface area (Å²) in [5.74, 6) is 0.364. The van der Waals surface area contributed by atoms with Gasteiger partial charge in [-0.25, -0.2) is 0 Å². The van der Waals surface area contributed by atoms with E-state index < -0.39 is 0 Å². The second-order valence-corrected chi connectivity index (χ2v) is 7.25. The van der Waals surface area contributed by atoms with E-state index in [0.717, 1.165) is 47.5 Å². The Bertz CT molecular complexity index is 472. The molecule has 1 aliphatic rings. The Morgan fingerprint density at radius 2 is 2.29 bits per heavy atom. The fourth-order valence-corrected chi connectivity index (χ4v) is 3.78. The standard InChI is InChI=1S/C16H24BrClN2O/c1-11-10-20(8-6-16(11)21)7-5-15(19-2)13-4-3-12(17)9-14(13)18/h3-4,9,11,15-16,19,21H,5-8,10H2,1-2H3. The average Bonchev–Trinajstić information content (AvgIpc) is 2.45. The predicted molar refractivity (Wildman–Crippen MR) is 91.8 cm³/mol. The number of halogens is 2. The summed E-state index contributed by atoms with van der Waals surface area (Å²) in [6.45, 7) is 5.11. The molecular weight excluding hydrogens is 352 g/mol. The van der Waals surface area contributed by atoms with Gasteiger partial charge in [0.15, 0.2) is 0 Å². The number of aliphatic hydroxyl groups excluding tert-OH is 1. The first kappa shape index (κ1) is 17.2. The number of hydrogen-bond donors (Lipinski definition) is 2. The van der Waals surface area contributed by atoms with E-state index in [-0.39, 0.29) is 12.1 Å². The van der Waals surface area contributed by atoms with E-state index in [4.69, 9.17) is 11.6 Å². The molecule has 0 amide bonds. The van der Waals surface area contributed by atoms with Gasteiger partial charge in [0.05, 0.1) is 6.10 Å². The van der Waals surface area contributed by atoms with Crippen LogP contribution < -0.4 is 5.32 Å². The lowest BCUT2D eigenvalue weighted by molar-refractivity contribution is 0.0338.